The molecular weight excluding hydrogens is 186 g/mol. The van der Waals surface area contributed by atoms with E-state index in [1.807, 2.05) is 13.8 Å². The number of nitrogens with one attached hydrogen (secondary N) is 1. The van der Waals surface area contributed by atoms with E-state index in [0.29, 0.717) is 12.3 Å². The molecule has 76 valence electrons. The fraction of sp³-hybridized carbons (Fsp3) is 0.900. The summed E-state index contributed by atoms with van der Waals surface area (Å²) < 4.78 is 0. The number of hydrogen-bond donors (Lipinski definition) is 1. The van der Waals surface area contributed by atoms with Crippen LogP contribution in [-0.2, 0) is 4.79 Å². The summed E-state index contributed by atoms with van der Waals surface area (Å²) in [5, 5.41) is 3.09. The highest BCUT2D eigenvalue weighted by Gasteiger charge is 2.24. The van der Waals surface area contributed by atoms with Gasteiger partial charge in [-0.05, 0) is 39.0 Å². The molecule has 1 aliphatic carbocycles. The molecule has 0 radical (unpaired) electrons. The molecule has 1 saturated carbocycles. The van der Waals surface area contributed by atoms with Crippen LogP contribution in [0.4, 0.5) is 0 Å². The van der Waals surface area contributed by atoms with Crippen LogP contribution in [0.5, 0.6) is 0 Å². The van der Waals surface area contributed by atoms with Crippen molar-refractivity contribution in [2.75, 3.05) is 0 Å². The predicted molar refractivity (Wildman–Crippen MR) is 54.9 cm³/mol. The van der Waals surface area contributed by atoms with Crippen LogP contribution < -0.4 is 5.32 Å². The topological polar surface area (TPSA) is 29.1 Å². The van der Waals surface area contributed by atoms with Crippen molar-refractivity contribution >= 4 is 17.5 Å². The fourth-order valence-electron chi connectivity index (χ4n) is 1.46. The Morgan fingerprint density at radius 1 is 1.54 bits per heavy atom. The highest BCUT2D eigenvalue weighted by Crippen LogP contribution is 2.32. The molecule has 1 amide bonds. The molecule has 1 N–H and O–H groups in total. The first-order valence-electron chi connectivity index (χ1n) is 5.01. The normalized spacial score (nSPS) is 20.8. The molecule has 0 aromatic rings. The summed E-state index contributed by atoms with van der Waals surface area (Å²) in [6.07, 6.45) is 4.01. The molecule has 0 aliphatic heterocycles. The summed E-state index contributed by atoms with van der Waals surface area (Å²) in [6.45, 7) is 3.95. The second kappa shape index (κ2) is 4.85. The number of hydrogen-bond acceptors (Lipinski definition) is 1. The highest BCUT2D eigenvalue weighted by molar-refractivity contribution is 6.20. The van der Waals surface area contributed by atoms with Crippen LogP contribution in [0.3, 0.4) is 0 Å². The Morgan fingerprint density at radius 2 is 2.15 bits per heavy atom. The third kappa shape index (κ3) is 5.14. The van der Waals surface area contributed by atoms with Crippen molar-refractivity contribution in [1.29, 1.82) is 0 Å². The van der Waals surface area contributed by atoms with Gasteiger partial charge in [0.15, 0.2) is 0 Å². The summed E-state index contributed by atoms with van der Waals surface area (Å²) in [7, 11) is 0. The van der Waals surface area contributed by atoms with E-state index < -0.39 is 0 Å². The molecule has 1 aliphatic rings. The first-order valence-corrected chi connectivity index (χ1v) is 5.45. The first kappa shape index (κ1) is 10.8. The molecule has 2 unspecified atom stereocenters. The summed E-state index contributed by atoms with van der Waals surface area (Å²) >= 11 is 5.82. The minimum atomic E-state index is 0.135. The predicted octanol–water partition coefficient (Wildman–Crippen LogP) is 2.31. The van der Waals surface area contributed by atoms with Gasteiger partial charge in [-0.25, -0.2) is 0 Å². The summed E-state index contributed by atoms with van der Waals surface area (Å²) in [4.78, 5) is 11.3. The Hall–Kier alpha value is -0.240. The minimum Gasteiger partial charge on any atom is -0.354 e. The Morgan fingerprint density at radius 3 is 2.62 bits per heavy atom. The average molecular weight is 204 g/mol. The van der Waals surface area contributed by atoms with E-state index in [-0.39, 0.29) is 17.3 Å². The van der Waals surface area contributed by atoms with Gasteiger partial charge in [-0.3, -0.25) is 4.79 Å². The van der Waals surface area contributed by atoms with Gasteiger partial charge in [0.1, 0.15) is 0 Å². The van der Waals surface area contributed by atoms with E-state index in [0.717, 1.165) is 6.42 Å². The van der Waals surface area contributed by atoms with Crippen molar-refractivity contribution < 1.29 is 4.79 Å². The minimum absolute atomic E-state index is 0.135. The Bertz CT molecular complexity index is 178. The van der Waals surface area contributed by atoms with Crippen molar-refractivity contribution in [3.63, 3.8) is 0 Å². The molecular formula is C10H18ClNO. The van der Waals surface area contributed by atoms with Gasteiger partial charge in [0.05, 0.1) is 0 Å². The highest BCUT2D eigenvalue weighted by atomic mass is 35.5. The maximum atomic E-state index is 11.3. The van der Waals surface area contributed by atoms with E-state index >= 15 is 0 Å². The van der Waals surface area contributed by atoms with Crippen molar-refractivity contribution in [1.82, 2.24) is 5.32 Å². The van der Waals surface area contributed by atoms with E-state index in [2.05, 4.69) is 5.32 Å². The summed E-state index contributed by atoms with van der Waals surface area (Å²) in [6, 6.07) is 0.207. The van der Waals surface area contributed by atoms with Gasteiger partial charge in [-0.15, -0.1) is 11.6 Å². The maximum Gasteiger partial charge on any atom is 0.220 e. The third-order valence-electron chi connectivity index (χ3n) is 2.26. The van der Waals surface area contributed by atoms with Crippen LogP contribution in [-0.4, -0.2) is 17.3 Å². The van der Waals surface area contributed by atoms with Gasteiger partial charge < -0.3 is 5.32 Å². The van der Waals surface area contributed by atoms with Gasteiger partial charge in [0.2, 0.25) is 5.91 Å². The van der Waals surface area contributed by atoms with E-state index in [1.165, 1.54) is 12.8 Å². The van der Waals surface area contributed by atoms with Gasteiger partial charge >= 0.3 is 0 Å². The molecule has 2 atom stereocenters. The monoisotopic (exact) mass is 203 g/mol. The number of amides is 1. The molecule has 13 heavy (non-hydrogen) atoms. The van der Waals surface area contributed by atoms with Gasteiger partial charge in [-0.1, -0.05) is 0 Å². The SMILES string of the molecule is CC(Cl)CC(C)NC(=O)CC1CC1. The van der Waals surface area contributed by atoms with E-state index in [1.54, 1.807) is 0 Å². The van der Waals surface area contributed by atoms with Gasteiger partial charge in [-0.2, -0.15) is 0 Å². The van der Waals surface area contributed by atoms with Crippen LogP contribution >= 0.6 is 11.6 Å². The van der Waals surface area contributed by atoms with Crippen molar-refractivity contribution in [2.45, 2.75) is 50.9 Å². The zero-order valence-electron chi connectivity index (χ0n) is 8.35. The molecule has 0 aromatic carbocycles. The Labute approximate surface area is 85.0 Å². The molecule has 1 fully saturated rings. The van der Waals surface area contributed by atoms with E-state index in [4.69, 9.17) is 11.6 Å². The summed E-state index contributed by atoms with van der Waals surface area (Å²) in [5.41, 5.74) is 0. The second-order valence-electron chi connectivity index (χ2n) is 4.13. The molecule has 0 aromatic heterocycles. The molecule has 0 heterocycles. The Balaban J connectivity index is 2.10. The largest absolute Gasteiger partial charge is 0.354 e. The van der Waals surface area contributed by atoms with E-state index in [9.17, 15) is 4.79 Å². The van der Waals surface area contributed by atoms with Crippen LogP contribution in [0, 0.1) is 5.92 Å². The molecule has 0 spiro atoms. The molecule has 2 nitrogen and oxygen atoms in total. The number of carbonyl (C=O) groups is 1. The first-order chi connectivity index (χ1) is 6.08. The lowest BCUT2D eigenvalue weighted by atomic mass is 10.2. The molecule has 0 bridgehead atoms. The molecule has 0 saturated heterocycles. The Kier molecular flexibility index (Phi) is 4.04. The zero-order chi connectivity index (χ0) is 9.84. The lowest BCUT2D eigenvalue weighted by Gasteiger charge is -2.14. The van der Waals surface area contributed by atoms with Crippen LogP contribution in [0.25, 0.3) is 0 Å². The summed E-state index contributed by atoms with van der Waals surface area (Å²) in [5.74, 6) is 0.855. The number of alkyl halides is 1. The lowest BCUT2D eigenvalue weighted by molar-refractivity contribution is -0.122. The lowest BCUT2D eigenvalue weighted by Crippen LogP contribution is -2.34. The van der Waals surface area contributed by atoms with Gasteiger partial charge in [0.25, 0.3) is 0 Å². The van der Waals surface area contributed by atoms with Crippen LogP contribution in [0.1, 0.15) is 39.5 Å². The molecule has 3 heteroatoms. The standard InChI is InChI=1S/C10H18ClNO/c1-7(11)5-8(2)12-10(13)6-9-3-4-9/h7-9H,3-6H2,1-2H3,(H,12,13). The smallest absolute Gasteiger partial charge is 0.220 e. The second-order valence-corrected chi connectivity index (χ2v) is 4.88. The van der Waals surface area contributed by atoms with Crippen LogP contribution in [0.2, 0.25) is 0 Å². The maximum absolute atomic E-state index is 11.3. The van der Waals surface area contributed by atoms with Gasteiger partial charge in [0, 0.05) is 17.8 Å². The number of carbonyl (C=O) groups excluding carboxylic acids is 1. The molecule has 1 rings (SSSR count). The number of rotatable bonds is 5. The zero-order valence-corrected chi connectivity index (χ0v) is 9.10. The van der Waals surface area contributed by atoms with Crippen molar-refractivity contribution in [3.8, 4) is 0 Å². The quantitative estimate of drug-likeness (QED) is 0.683. The van der Waals surface area contributed by atoms with Crippen molar-refractivity contribution in [3.05, 3.63) is 0 Å². The average Bonchev–Trinajstić information content (AvgIpc) is 2.67. The van der Waals surface area contributed by atoms with Crippen LogP contribution in [0.15, 0.2) is 0 Å². The fourth-order valence-corrected chi connectivity index (χ4v) is 1.73. The van der Waals surface area contributed by atoms with Crippen molar-refractivity contribution in [2.24, 2.45) is 5.92 Å². The number of halogens is 1. The third-order valence-corrected chi connectivity index (χ3v) is 2.43.